The number of nitrogens with zero attached hydrogens (tertiary/aromatic N) is 2. The largest absolute Gasteiger partial charge is 0.355 e. The van der Waals surface area contributed by atoms with E-state index >= 15 is 0 Å². The van der Waals surface area contributed by atoms with Gasteiger partial charge in [-0.3, -0.25) is 14.7 Å². The maximum Gasteiger partial charge on any atom is 0.257 e. The van der Waals surface area contributed by atoms with Crippen molar-refractivity contribution in [1.82, 2.24) is 20.4 Å². The van der Waals surface area contributed by atoms with E-state index in [9.17, 15) is 9.59 Å². The number of amides is 2. The topological polar surface area (TPSA) is 78.1 Å². The van der Waals surface area contributed by atoms with Crippen LogP contribution in [0.3, 0.4) is 0 Å². The number of hydrogen-bond acceptors (Lipinski definition) is 3. The summed E-state index contributed by atoms with van der Waals surface area (Å²) in [4.78, 5) is 25.3. The average molecular weight is 286 g/mol. The molecule has 0 aliphatic rings. The van der Waals surface area contributed by atoms with Gasteiger partial charge >= 0.3 is 0 Å². The fraction of sp³-hybridized carbons (Fsp3) is 0.267. The molecule has 0 spiro atoms. The zero-order valence-corrected chi connectivity index (χ0v) is 12.3. The molecule has 1 aromatic carbocycles. The molecule has 0 bridgehead atoms. The molecular formula is C15H18N4O2. The van der Waals surface area contributed by atoms with Crippen LogP contribution in [0, 0.1) is 6.92 Å². The molecule has 1 heterocycles. The number of hydrogen-bond donors (Lipinski definition) is 2. The van der Waals surface area contributed by atoms with Crippen molar-refractivity contribution in [3.63, 3.8) is 0 Å². The van der Waals surface area contributed by atoms with E-state index in [1.54, 1.807) is 31.1 Å². The number of carbonyl (C=O) groups excluding carboxylic acids is 2. The van der Waals surface area contributed by atoms with E-state index in [-0.39, 0.29) is 11.8 Å². The smallest absolute Gasteiger partial charge is 0.257 e. The summed E-state index contributed by atoms with van der Waals surface area (Å²) >= 11 is 0. The van der Waals surface area contributed by atoms with Gasteiger partial charge in [0.25, 0.3) is 11.8 Å². The summed E-state index contributed by atoms with van der Waals surface area (Å²) in [6.07, 6.45) is 1.53. The van der Waals surface area contributed by atoms with Gasteiger partial charge in [-0.2, -0.15) is 5.10 Å². The van der Waals surface area contributed by atoms with Crippen LogP contribution in [0.1, 0.15) is 32.0 Å². The van der Waals surface area contributed by atoms with Crippen molar-refractivity contribution in [3.05, 3.63) is 52.8 Å². The van der Waals surface area contributed by atoms with Crippen LogP contribution < -0.4 is 5.32 Å². The Kier molecular flexibility index (Phi) is 4.37. The van der Waals surface area contributed by atoms with Crippen LogP contribution in [0.5, 0.6) is 0 Å². The summed E-state index contributed by atoms with van der Waals surface area (Å²) in [7, 11) is 3.33. The van der Waals surface area contributed by atoms with Gasteiger partial charge in [-0.1, -0.05) is 12.1 Å². The van der Waals surface area contributed by atoms with Crippen molar-refractivity contribution in [2.24, 2.45) is 0 Å². The maximum absolute atomic E-state index is 12.3. The molecule has 21 heavy (non-hydrogen) atoms. The van der Waals surface area contributed by atoms with E-state index in [1.807, 2.05) is 19.1 Å². The second-order valence-corrected chi connectivity index (χ2v) is 4.85. The summed E-state index contributed by atoms with van der Waals surface area (Å²) in [5, 5.41) is 9.18. The monoisotopic (exact) mass is 286 g/mol. The number of aromatic nitrogens is 2. The van der Waals surface area contributed by atoms with E-state index < -0.39 is 0 Å². The summed E-state index contributed by atoms with van der Waals surface area (Å²) in [6, 6.07) is 7.18. The highest BCUT2D eigenvalue weighted by molar-refractivity contribution is 5.95. The molecule has 0 saturated heterocycles. The summed E-state index contributed by atoms with van der Waals surface area (Å²) in [6.45, 7) is 2.28. The Labute approximate surface area is 123 Å². The van der Waals surface area contributed by atoms with Gasteiger partial charge in [0, 0.05) is 31.9 Å². The Bertz CT molecular complexity index is 646. The molecule has 0 radical (unpaired) electrons. The van der Waals surface area contributed by atoms with Crippen LogP contribution in [0.15, 0.2) is 30.5 Å². The summed E-state index contributed by atoms with van der Waals surface area (Å²) in [5.74, 6) is -0.211. The molecule has 0 saturated carbocycles. The number of rotatable bonds is 4. The third-order valence-corrected chi connectivity index (χ3v) is 3.27. The zero-order valence-electron chi connectivity index (χ0n) is 12.3. The van der Waals surface area contributed by atoms with Crippen molar-refractivity contribution in [2.45, 2.75) is 13.5 Å². The Balaban J connectivity index is 2.06. The highest BCUT2D eigenvalue weighted by Gasteiger charge is 2.15. The van der Waals surface area contributed by atoms with Gasteiger partial charge in [0.05, 0.1) is 11.8 Å². The molecule has 0 atom stereocenters. The number of aromatic amines is 1. The van der Waals surface area contributed by atoms with Crippen LogP contribution in [0.4, 0.5) is 0 Å². The third kappa shape index (κ3) is 3.28. The van der Waals surface area contributed by atoms with Crippen molar-refractivity contribution in [1.29, 1.82) is 0 Å². The number of benzene rings is 1. The first-order valence-corrected chi connectivity index (χ1v) is 6.59. The fourth-order valence-corrected chi connectivity index (χ4v) is 2.02. The Hall–Kier alpha value is -2.63. The summed E-state index contributed by atoms with van der Waals surface area (Å²) in [5.41, 5.74) is 2.88. The SMILES string of the molecule is CNC(=O)c1ccc(CN(C)C(=O)c2cn[nH]c2C)cc1. The maximum atomic E-state index is 12.3. The van der Waals surface area contributed by atoms with Crippen LogP contribution >= 0.6 is 0 Å². The highest BCUT2D eigenvalue weighted by atomic mass is 16.2. The van der Waals surface area contributed by atoms with Crippen LogP contribution in [0.25, 0.3) is 0 Å². The van der Waals surface area contributed by atoms with Gasteiger partial charge < -0.3 is 10.2 Å². The standard InChI is InChI=1S/C15H18N4O2/c1-10-13(8-17-18-10)15(21)19(3)9-11-4-6-12(7-5-11)14(20)16-2/h4-8H,9H2,1-3H3,(H,16,20)(H,17,18). The molecule has 0 aliphatic carbocycles. The molecule has 2 rings (SSSR count). The highest BCUT2D eigenvalue weighted by Crippen LogP contribution is 2.11. The van der Waals surface area contributed by atoms with Crippen molar-refractivity contribution in [2.75, 3.05) is 14.1 Å². The predicted molar refractivity (Wildman–Crippen MR) is 79.0 cm³/mol. The van der Waals surface area contributed by atoms with E-state index in [2.05, 4.69) is 15.5 Å². The van der Waals surface area contributed by atoms with Gasteiger partial charge in [-0.05, 0) is 24.6 Å². The first-order chi connectivity index (χ1) is 10.0. The molecule has 2 N–H and O–H groups in total. The van der Waals surface area contributed by atoms with Gasteiger partial charge in [0.2, 0.25) is 0 Å². The quantitative estimate of drug-likeness (QED) is 0.890. The minimum Gasteiger partial charge on any atom is -0.355 e. The first-order valence-electron chi connectivity index (χ1n) is 6.59. The van der Waals surface area contributed by atoms with Crippen LogP contribution in [0.2, 0.25) is 0 Å². The number of H-pyrrole nitrogens is 1. The Morgan fingerprint density at radius 3 is 2.48 bits per heavy atom. The van der Waals surface area contributed by atoms with E-state index in [4.69, 9.17) is 0 Å². The van der Waals surface area contributed by atoms with Crippen molar-refractivity contribution in [3.8, 4) is 0 Å². The minimum absolute atomic E-state index is 0.0865. The Morgan fingerprint density at radius 2 is 1.95 bits per heavy atom. The van der Waals surface area contributed by atoms with Gasteiger partial charge in [0.15, 0.2) is 0 Å². The average Bonchev–Trinajstić information content (AvgIpc) is 2.92. The lowest BCUT2D eigenvalue weighted by molar-refractivity contribution is 0.0784. The molecule has 110 valence electrons. The molecule has 6 heteroatoms. The van der Waals surface area contributed by atoms with Gasteiger partial charge in [0.1, 0.15) is 0 Å². The van der Waals surface area contributed by atoms with E-state index in [1.165, 1.54) is 6.20 Å². The van der Waals surface area contributed by atoms with E-state index in [0.717, 1.165) is 11.3 Å². The van der Waals surface area contributed by atoms with Gasteiger partial charge in [-0.15, -0.1) is 0 Å². The second kappa shape index (κ2) is 6.21. The molecule has 0 fully saturated rings. The normalized spacial score (nSPS) is 10.2. The summed E-state index contributed by atoms with van der Waals surface area (Å²) < 4.78 is 0. The molecule has 1 aromatic heterocycles. The number of aryl methyl sites for hydroxylation is 1. The van der Waals surface area contributed by atoms with Crippen LogP contribution in [-0.2, 0) is 6.54 Å². The minimum atomic E-state index is -0.125. The molecule has 2 aromatic rings. The molecule has 6 nitrogen and oxygen atoms in total. The lowest BCUT2D eigenvalue weighted by Gasteiger charge is -2.17. The first kappa shape index (κ1) is 14.8. The molecule has 2 amide bonds. The van der Waals surface area contributed by atoms with Crippen molar-refractivity contribution >= 4 is 11.8 Å². The lowest BCUT2D eigenvalue weighted by atomic mass is 10.1. The Morgan fingerprint density at radius 1 is 1.29 bits per heavy atom. The third-order valence-electron chi connectivity index (χ3n) is 3.27. The zero-order chi connectivity index (χ0) is 15.4. The van der Waals surface area contributed by atoms with E-state index in [0.29, 0.717) is 17.7 Å². The molecule has 0 aliphatic heterocycles. The predicted octanol–water partition coefficient (Wildman–Crippen LogP) is 1.35. The molecule has 0 unspecified atom stereocenters. The fourth-order valence-electron chi connectivity index (χ4n) is 2.02. The number of carbonyl (C=O) groups is 2. The second-order valence-electron chi connectivity index (χ2n) is 4.85. The van der Waals surface area contributed by atoms with Crippen LogP contribution in [-0.4, -0.2) is 41.0 Å². The van der Waals surface area contributed by atoms with Gasteiger partial charge in [-0.25, -0.2) is 0 Å². The lowest BCUT2D eigenvalue weighted by Crippen LogP contribution is -2.26. The van der Waals surface area contributed by atoms with Crippen molar-refractivity contribution < 1.29 is 9.59 Å². The number of nitrogens with one attached hydrogen (secondary N) is 2. The molecular weight excluding hydrogens is 268 g/mol.